The molecule has 1 fully saturated rings. The molecule has 0 spiro atoms. The van der Waals surface area contributed by atoms with Gasteiger partial charge in [-0.05, 0) is 61.7 Å². The van der Waals surface area contributed by atoms with Gasteiger partial charge in [-0.3, -0.25) is 9.59 Å². The number of nitrogens with zero attached hydrogens (tertiary/aromatic N) is 2. The van der Waals surface area contributed by atoms with Crippen LogP contribution in [0.3, 0.4) is 0 Å². The molecule has 0 unspecified atom stereocenters. The second-order valence-electron chi connectivity index (χ2n) is 7.35. The molecule has 0 aromatic heterocycles. The first-order valence-electron chi connectivity index (χ1n) is 9.42. The predicted molar refractivity (Wildman–Crippen MR) is 103 cm³/mol. The van der Waals surface area contributed by atoms with Crippen LogP contribution in [0, 0.1) is 0 Å². The highest BCUT2D eigenvalue weighted by Gasteiger charge is 2.37. The molecule has 2 heterocycles. The van der Waals surface area contributed by atoms with Crippen LogP contribution in [0.1, 0.15) is 45.5 Å². The van der Waals surface area contributed by atoms with Crippen LogP contribution in [0.15, 0.2) is 42.5 Å². The highest BCUT2D eigenvalue weighted by molar-refractivity contribution is 6.08. The highest BCUT2D eigenvalue weighted by atomic mass is 19.4. The van der Waals surface area contributed by atoms with Crippen LogP contribution in [0.25, 0.3) is 0 Å². The second-order valence-corrected chi connectivity index (χ2v) is 7.35. The van der Waals surface area contributed by atoms with Crippen molar-refractivity contribution in [3.63, 3.8) is 0 Å². The Morgan fingerprint density at radius 3 is 2.52 bits per heavy atom. The van der Waals surface area contributed by atoms with Gasteiger partial charge < -0.3 is 15.1 Å². The minimum atomic E-state index is -4.43. The van der Waals surface area contributed by atoms with Gasteiger partial charge in [0.05, 0.1) is 16.8 Å². The van der Waals surface area contributed by atoms with Crippen LogP contribution in [0.2, 0.25) is 0 Å². The Bertz CT molecular complexity index is 957. The number of alkyl halides is 3. The first kappa shape index (κ1) is 19.3. The molecule has 1 atom stereocenters. The molecule has 2 aliphatic rings. The molecule has 0 aliphatic carbocycles. The molecule has 2 amide bonds. The van der Waals surface area contributed by atoms with Crippen molar-refractivity contribution in [2.24, 2.45) is 0 Å². The van der Waals surface area contributed by atoms with Gasteiger partial charge in [-0.15, -0.1) is 0 Å². The maximum absolute atomic E-state index is 12.8. The quantitative estimate of drug-likeness (QED) is 0.811. The standard InChI is InChI=1S/C21H20F3N3O2/c1-26-17-12-13(5-10-16(17)20(29)27-11-3-2-4-18(26)27)19(28)25-15-8-6-14(7-9-15)21(22,23)24/h5-10,12,18H,2-4,11H2,1H3,(H,25,28)/t18-/m0/s1. The number of fused-ring (bicyclic) bond motifs is 2. The first-order chi connectivity index (χ1) is 13.8. The molecule has 1 saturated heterocycles. The van der Waals surface area contributed by atoms with E-state index in [1.807, 2.05) is 16.8 Å². The minimum absolute atomic E-state index is 0.0167. The van der Waals surface area contributed by atoms with Gasteiger partial charge in [0.15, 0.2) is 0 Å². The number of nitrogens with one attached hydrogen (secondary N) is 1. The molecule has 2 aliphatic heterocycles. The topological polar surface area (TPSA) is 52.7 Å². The van der Waals surface area contributed by atoms with Crippen molar-refractivity contribution in [1.29, 1.82) is 0 Å². The molecule has 2 aromatic rings. The summed E-state index contributed by atoms with van der Waals surface area (Å²) in [5, 5.41) is 2.61. The smallest absolute Gasteiger partial charge is 0.354 e. The highest BCUT2D eigenvalue weighted by Crippen LogP contribution is 2.35. The summed E-state index contributed by atoms with van der Waals surface area (Å²) in [7, 11) is 1.91. The Morgan fingerprint density at radius 2 is 1.83 bits per heavy atom. The number of rotatable bonds is 2. The molecule has 0 saturated carbocycles. The lowest BCUT2D eigenvalue weighted by atomic mass is 9.97. The van der Waals surface area contributed by atoms with Crippen molar-refractivity contribution in [2.75, 3.05) is 23.8 Å². The Hall–Kier alpha value is -3.03. The van der Waals surface area contributed by atoms with Gasteiger partial charge in [0.25, 0.3) is 11.8 Å². The Labute approximate surface area is 166 Å². The summed E-state index contributed by atoms with van der Waals surface area (Å²) in [5.41, 5.74) is 1.08. The summed E-state index contributed by atoms with van der Waals surface area (Å²) in [6, 6.07) is 9.15. The second kappa shape index (κ2) is 7.09. The number of carbonyl (C=O) groups is 2. The van der Waals surface area contributed by atoms with Crippen molar-refractivity contribution in [3.05, 3.63) is 59.2 Å². The molecule has 5 nitrogen and oxygen atoms in total. The maximum atomic E-state index is 12.8. The van der Waals surface area contributed by atoms with E-state index in [-0.39, 0.29) is 17.8 Å². The van der Waals surface area contributed by atoms with Crippen molar-refractivity contribution in [1.82, 2.24) is 4.90 Å². The molecule has 152 valence electrons. The van der Waals surface area contributed by atoms with E-state index in [1.54, 1.807) is 18.2 Å². The van der Waals surface area contributed by atoms with E-state index < -0.39 is 17.6 Å². The van der Waals surface area contributed by atoms with Crippen LogP contribution in [0.5, 0.6) is 0 Å². The average Bonchev–Trinajstić information content (AvgIpc) is 2.71. The van der Waals surface area contributed by atoms with Crippen molar-refractivity contribution < 1.29 is 22.8 Å². The van der Waals surface area contributed by atoms with E-state index in [0.717, 1.165) is 37.9 Å². The molecular formula is C21H20F3N3O2. The van der Waals surface area contributed by atoms with Gasteiger partial charge in [0.1, 0.15) is 6.17 Å². The van der Waals surface area contributed by atoms with Gasteiger partial charge in [-0.2, -0.15) is 13.2 Å². The Morgan fingerprint density at radius 1 is 1.10 bits per heavy atom. The molecule has 2 aromatic carbocycles. The fraction of sp³-hybridized carbons (Fsp3) is 0.333. The summed E-state index contributed by atoms with van der Waals surface area (Å²) in [6.07, 6.45) is -1.53. The van der Waals surface area contributed by atoms with Crippen molar-refractivity contribution in [3.8, 4) is 0 Å². The third-order valence-corrected chi connectivity index (χ3v) is 5.52. The summed E-state index contributed by atoms with van der Waals surface area (Å²) < 4.78 is 38.0. The molecule has 8 heteroatoms. The van der Waals surface area contributed by atoms with Crippen LogP contribution >= 0.6 is 0 Å². The van der Waals surface area contributed by atoms with E-state index in [9.17, 15) is 22.8 Å². The van der Waals surface area contributed by atoms with E-state index in [0.29, 0.717) is 16.8 Å². The predicted octanol–water partition coefficient (Wildman–Crippen LogP) is 4.36. The number of anilines is 2. The molecule has 1 N–H and O–H groups in total. The number of hydrogen-bond acceptors (Lipinski definition) is 3. The average molecular weight is 403 g/mol. The Balaban J connectivity index is 1.56. The molecule has 29 heavy (non-hydrogen) atoms. The van der Waals surface area contributed by atoms with Crippen LogP contribution < -0.4 is 10.2 Å². The zero-order valence-corrected chi connectivity index (χ0v) is 15.8. The lowest BCUT2D eigenvalue weighted by Gasteiger charge is -2.46. The fourth-order valence-electron chi connectivity index (χ4n) is 3.96. The normalized spacial score (nSPS) is 18.9. The van der Waals surface area contributed by atoms with Gasteiger partial charge in [0, 0.05) is 24.8 Å². The zero-order chi connectivity index (χ0) is 20.8. The summed E-state index contributed by atoms with van der Waals surface area (Å²) in [4.78, 5) is 29.3. The molecule has 0 bridgehead atoms. The van der Waals surface area contributed by atoms with Gasteiger partial charge in [-0.25, -0.2) is 0 Å². The van der Waals surface area contributed by atoms with E-state index in [2.05, 4.69) is 5.32 Å². The van der Waals surface area contributed by atoms with E-state index in [4.69, 9.17) is 0 Å². The monoisotopic (exact) mass is 403 g/mol. The minimum Gasteiger partial charge on any atom is -0.354 e. The third kappa shape index (κ3) is 3.54. The molecule has 4 rings (SSSR count). The van der Waals surface area contributed by atoms with Crippen LogP contribution in [-0.4, -0.2) is 36.5 Å². The SMILES string of the molecule is CN1c2cc(C(=O)Nc3ccc(C(F)(F)F)cc3)ccc2C(=O)N2CCCC[C@H]21. The number of amides is 2. The lowest BCUT2D eigenvalue weighted by molar-refractivity contribution is -0.137. The number of hydrogen-bond donors (Lipinski definition) is 1. The van der Waals surface area contributed by atoms with Crippen LogP contribution in [0.4, 0.5) is 24.5 Å². The van der Waals surface area contributed by atoms with E-state index in [1.165, 1.54) is 12.1 Å². The number of benzene rings is 2. The zero-order valence-electron chi connectivity index (χ0n) is 15.8. The lowest BCUT2D eigenvalue weighted by Crippen LogP contribution is -2.55. The fourth-order valence-corrected chi connectivity index (χ4v) is 3.96. The largest absolute Gasteiger partial charge is 0.416 e. The molecular weight excluding hydrogens is 383 g/mol. The summed E-state index contributed by atoms with van der Waals surface area (Å²) >= 11 is 0. The van der Waals surface area contributed by atoms with Crippen LogP contribution in [-0.2, 0) is 6.18 Å². The molecule has 0 radical (unpaired) electrons. The van der Waals surface area contributed by atoms with E-state index >= 15 is 0 Å². The number of halogens is 3. The summed E-state index contributed by atoms with van der Waals surface area (Å²) in [5.74, 6) is -0.475. The van der Waals surface area contributed by atoms with Gasteiger partial charge in [-0.1, -0.05) is 0 Å². The Kier molecular flexibility index (Phi) is 4.72. The number of piperidine rings is 1. The van der Waals surface area contributed by atoms with Gasteiger partial charge in [0.2, 0.25) is 0 Å². The first-order valence-corrected chi connectivity index (χ1v) is 9.42. The van der Waals surface area contributed by atoms with Crippen molar-refractivity contribution >= 4 is 23.2 Å². The number of carbonyl (C=O) groups excluding carboxylic acids is 2. The third-order valence-electron chi connectivity index (χ3n) is 5.52. The van der Waals surface area contributed by atoms with Crippen molar-refractivity contribution in [2.45, 2.75) is 31.6 Å². The van der Waals surface area contributed by atoms with Gasteiger partial charge >= 0.3 is 6.18 Å². The maximum Gasteiger partial charge on any atom is 0.416 e. The summed E-state index contributed by atoms with van der Waals surface area (Å²) in [6.45, 7) is 0.726.